The van der Waals surface area contributed by atoms with Crippen molar-refractivity contribution >= 4 is 5.82 Å². The number of phenolic OH excluding ortho intramolecular Hbond substituents is 1. The summed E-state index contributed by atoms with van der Waals surface area (Å²) < 4.78 is 5.25. The molecule has 1 aliphatic heterocycles. The molecule has 0 bridgehead atoms. The van der Waals surface area contributed by atoms with Gasteiger partial charge in [0.1, 0.15) is 11.6 Å². The van der Waals surface area contributed by atoms with Gasteiger partial charge in [-0.3, -0.25) is 0 Å². The second kappa shape index (κ2) is 7.34. The molecule has 0 amide bonds. The van der Waals surface area contributed by atoms with E-state index in [9.17, 15) is 5.11 Å². The summed E-state index contributed by atoms with van der Waals surface area (Å²) in [5.74, 6) is 3.63. The average molecular weight is 365 g/mol. The van der Waals surface area contributed by atoms with Crippen LogP contribution in [0.5, 0.6) is 5.75 Å². The van der Waals surface area contributed by atoms with Gasteiger partial charge in [0.2, 0.25) is 5.89 Å². The molecule has 1 fully saturated rings. The molecule has 1 N–H and O–H groups in total. The van der Waals surface area contributed by atoms with Crippen molar-refractivity contribution in [3.8, 4) is 17.1 Å². The van der Waals surface area contributed by atoms with E-state index in [1.807, 2.05) is 32.0 Å². The minimum absolute atomic E-state index is 0.197. The molecule has 27 heavy (non-hydrogen) atoms. The Labute approximate surface area is 158 Å². The summed E-state index contributed by atoms with van der Waals surface area (Å²) in [6.45, 7) is 5.65. The summed E-state index contributed by atoms with van der Waals surface area (Å²) in [6.07, 6.45) is 2.94. The quantitative estimate of drug-likeness (QED) is 0.759. The normalized spacial score (nSPS) is 15.3. The Morgan fingerprint density at radius 1 is 1.11 bits per heavy atom. The van der Waals surface area contributed by atoms with Gasteiger partial charge in [-0.2, -0.15) is 4.98 Å². The summed E-state index contributed by atoms with van der Waals surface area (Å²) in [5.41, 5.74) is 1.55. The summed E-state index contributed by atoms with van der Waals surface area (Å²) in [5, 5.41) is 14.0. The largest absolute Gasteiger partial charge is 0.507 e. The first-order chi connectivity index (χ1) is 13.1. The molecule has 1 aromatic carbocycles. The standard InChI is InChI=1S/C20H23N5O2/c1-13-11-18(23-20(21-13)16-5-3-4-6-17(16)26)25-9-7-15(8-10-25)12-19-22-14(2)24-27-19/h3-6,11,15,26H,7-10,12H2,1-2H3. The third kappa shape index (κ3) is 3.92. The molecule has 1 aliphatic rings. The third-order valence-corrected chi connectivity index (χ3v) is 4.96. The van der Waals surface area contributed by atoms with Crippen LogP contribution in [0.4, 0.5) is 5.82 Å². The van der Waals surface area contributed by atoms with Crippen molar-refractivity contribution in [2.75, 3.05) is 18.0 Å². The van der Waals surface area contributed by atoms with E-state index in [0.29, 0.717) is 23.1 Å². The number of hydrogen-bond donors (Lipinski definition) is 1. The highest BCUT2D eigenvalue weighted by Gasteiger charge is 2.23. The molecular weight excluding hydrogens is 342 g/mol. The zero-order valence-corrected chi connectivity index (χ0v) is 15.6. The van der Waals surface area contributed by atoms with Crippen LogP contribution < -0.4 is 4.90 Å². The molecule has 140 valence electrons. The van der Waals surface area contributed by atoms with E-state index in [1.54, 1.807) is 12.1 Å². The zero-order chi connectivity index (χ0) is 18.8. The van der Waals surface area contributed by atoms with Crippen LogP contribution in [0.1, 0.15) is 30.3 Å². The van der Waals surface area contributed by atoms with Gasteiger partial charge in [-0.1, -0.05) is 17.3 Å². The Bertz CT molecular complexity index is 932. The van der Waals surface area contributed by atoms with Crippen LogP contribution in [-0.2, 0) is 6.42 Å². The fourth-order valence-electron chi connectivity index (χ4n) is 3.53. The summed E-state index contributed by atoms with van der Waals surface area (Å²) in [6, 6.07) is 9.18. The maximum absolute atomic E-state index is 10.1. The highest BCUT2D eigenvalue weighted by Crippen LogP contribution is 2.29. The number of hydrogen-bond acceptors (Lipinski definition) is 7. The van der Waals surface area contributed by atoms with Crippen molar-refractivity contribution in [2.45, 2.75) is 33.1 Å². The number of nitrogens with zero attached hydrogens (tertiary/aromatic N) is 5. The summed E-state index contributed by atoms with van der Waals surface area (Å²) in [4.78, 5) is 15.8. The van der Waals surface area contributed by atoms with Crippen LogP contribution in [0.2, 0.25) is 0 Å². The molecule has 0 saturated carbocycles. The second-order valence-corrected chi connectivity index (χ2v) is 7.08. The molecule has 7 heteroatoms. The molecule has 0 atom stereocenters. The first-order valence-corrected chi connectivity index (χ1v) is 9.26. The van der Waals surface area contributed by atoms with Gasteiger partial charge in [0.15, 0.2) is 11.6 Å². The monoisotopic (exact) mass is 365 g/mol. The van der Waals surface area contributed by atoms with Crippen LogP contribution in [0.25, 0.3) is 11.4 Å². The molecular formula is C20H23N5O2. The molecule has 0 radical (unpaired) electrons. The van der Waals surface area contributed by atoms with Crippen LogP contribution >= 0.6 is 0 Å². The number of piperidine rings is 1. The number of benzene rings is 1. The highest BCUT2D eigenvalue weighted by molar-refractivity contribution is 5.65. The smallest absolute Gasteiger partial charge is 0.226 e. The van der Waals surface area contributed by atoms with E-state index < -0.39 is 0 Å². The number of para-hydroxylation sites is 1. The Morgan fingerprint density at radius 2 is 1.89 bits per heavy atom. The topological polar surface area (TPSA) is 88.2 Å². The predicted octanol–water partition coefficient (Wildman–Crippen LogP) is 3.31. The SMILES string of the molecule is Cc1cc(N2CCC(Cc3nc(C)no3)CC2)nc(-c2ccccc2O)n1. The maximum atomic E-state index is 10.1. The molecule has 1 saturated heterocycles. The van der Waals surface area contributed by atoms with E-state index in [2.05, 4.69) is 20.0 Å². The number of rotatable bonds is 4. The van der Waals surface area contributed by atoms with E-state index in [0.717, 1.165) is 49.8 Å². The zero-order valence-electron chi connectivity index (χ0n) is 15.6. The molecule has 0 spiro atoms. The van der Waals surface area contributed by atoms with Crippen molar-refractivity contribution in [3.63, 3.8) is 0 Å². The minimum atomic E-state index is 0.197. The van der Waals surface area contributed by atoms with Crippen LogP contribution in [-0.4, -0.2) is 38.3 Å². The van der Waals surface area contributed by atoms with Gasteiger partial charge in [-0.15, -0.1) is 0 Å². The minimum Gasteiger partial charge on any atom is -0.507 e. The van der Waals surface area contributed by atoms with Gasteiger partial charge in [-0.25, -0.2) is 9.97 Å². The molecule has 0 aliphatic carbocycles. The molecule has 7 nitrogen and oxygen atoms in total. The Morgan fingerprint density at radius 3 is 2.59 bits per heavy atom. The van der Waals surface area contributed by atoms with Gasteiger partial charge in [0.05, 0.1) is 5.56 Å². The number of phenols is 1. The number of anilines is 1. The lowest BCUT2D eigenvalue weighted by molar-refractivity contribution is 0.323. The lowest BCUT2D eigenvalue weighted by Gasteiger charge is -2.32. The molecule has 3 heterocycles. The van der Waals surface area contributed by atoms with Crippen molar-refractivity contribution in [1.29, 1.82) is 0 Å². The second-order valence-electron chi connectivity index (χ2n) is 7.08. The van der Waals surface area contributed by atoms with Gasteiger partial charge in [0.25, 0.3) is 0 Å². The van der Waals surface area contributed by atoms with Gasteiger partial charge >= 0.3 is 0 Å². The number of aromatic nitrogens is 4. The van der Waals surface area contributed by atoms with Crippen LogP contribution in [0.15, 0.2) is 34.9 Å². The fourth-order valence-corrected chi connectivity index (χ4v) is 3.53. The van der Waals surface area contributed by atoms with Crippen LogP contribution in [0, 0.1) is 19.8 Å². The van der Waals surface area contributed by atoms with Crippen molar-refractivity contribution in [3.05, 3.63) is 47.7 Å². The Hall–Kier alpha value is -2.96. The molecule has 2 aromatic heterocycles. The third-order valence-electron chi connectivity index (χ3n) is 4.96. The van der Waals surface area contributed by atoms with Gasteiger partial charge < -0.3 is 14.5 Å². The van der Waals surface area contributed by atoms with E-state index in [1.165, 1.54) is 0 Å². The molecule has 3 aromatic rings. The van der Waals surface area contributed by atoms with Crippen molar-refractivity contribution in [2.24, 2.45) is 5.92 Å². The predicted molar refractivity (Wildman–Crippen MR) is 102 cm³/mol. The Balaban J connectivity index is 1.47. The molecule has 0 unspecified atom stereocenters. The average Bonchev–Trinajstić information content (AvgIpc) is 3.07. The van der Waals surface area contributed by atoms with Crippen molar-refractivity contribution in [1.82, 2.24) is 20.1 Å². The van der Waals surface area contributed by atoms with Gasteiger partial charge in [0, 0.05) is 31.3 Å². The maximum Gasteiger partial charge on any atom is 0.226 e. The lowest BCUT2D eigenvalue weighted by atomic mass is 9.93. The van der Waals surface area contributed by atoms with E-state index in [4.69, 9.17) is 9.51 Å². The highest BCUT2D eigenvalue weighted by atomic mass is 16.5. The lowest BCUT2D eigenvalue weighted by Crippen LogP contribution is -2.35. The Kier molecular flexibility index (Phi) is 4.75. The number of aromatic hydroxyl groups is 1. The molecule has 4 rings (SSSR count). The first kappa shape index (κ1) is 17.5. The fraction of sp³-hybridized carbons (Fsp3) is 0.400. The first-order valence-electron chi connectivity index (χ1n) is 9.26. The van der Waals surface area contributed by atoms with E-state index in [-0.39, 0.29) is 5.75 Å². The van der Waals surface area contributed by atoms with Crippen molar-refractivity contribution < 1.29 is 9.63 Å². The number of aryl methyl sites for hydroxylation is 2. The van der Waals surface area contributed by atoms with Crippen LogP contribution in [0.3, 0.4) is 0 Å². The van der Waals surface area contributed by atoms with E-state index >= 15 is 0 Å². The summed E-state index contributed by atoms with van der Waals surface area (Å²) in [7, 11) is 0. The van der Waals surface area contributed by atoms with Gasteiger partial charge in [-0.05, 0) is 44.7 Å². The summed E-state index contributed by atoms with van der Waals surface area (Å²) >= 11 is 0.